The molecule has 128 valence electrons. The zero-order chi connectivity index (χ0) is 18.0. The van der Waals surface area contributed by atoms with Gasteiger partial charge in [-0.15, -0.1) is 0 Å². The summed E-state index contributed by atoms with van der Waals surface area (Å²) in [7, 11) is 1.76. The zero-order valence-electron chi connectivity index (χ0n) is 14.0. The fourth-order valence-corrected chi connectivity index (χ4v) is 2.86. The number of likely N-dealkylation sites (N-methyl/N-ethyl adjacent to an activating group) is 1. The van der Waals surface area contributed by atoms with E-state index in [0.29, 0.717) is 23.1 Å². The Morgan fingerprint density at radius 3 is 2.36 bits per heavy atom. The van der Waals surface area contributed by atoms with Gasteiger partial charge in [-0.3, -0.25) is 9.69 Å². The number of carbonyl (C=O) groups is 1. The van der Waals surface area contributed by atoms with Gasteiger partial charge in [0.15, 0.2) is 5.11 Å². The molecule has 6 heteroatoms. The van der Waals surface area contributed by atoms with Crippen molar-refractivity contribution in [1.29, 1.82) is 0 Å². The van der Waals surface area contributed by atoms with Crippen molar-refractivity contribution in [2.45, 2.75) is 6.92 Å². The van der Waals surface area contributed by atoms with Crippen molar-refractivity contribution in [2.24, 2.45) is 0 Å². The molecule has 1 heterocycles. The van der Waals surface area contributed by atoms with Crippen molar-refractivity contribution < 1.29 is 14.6 Å². The van der Waals surface area contributed by atoms with Gasteiger partial charge in [0, 0.05) is 7.05 Å². The number of anilines is 1. The number of amides is 1. The van der Waals surface area contributed by atoms with Crippen LogP contribution in [0.3, 0.4) is 0 Å². The Kier molecular flexibility index (Phi) is 4.72. The van der Waals surface area contributed by atoms with Gasteiger partial charge in [0.1, 0.15) is 17.2 Å². The van der Waals surface area contributed by atoms with Gasteiger partial charge < -0.3 is 14.7 Å². The molecular weight excluding hydrogens is 336 g/mol. The fourth-order valence-electron chi connectivity index (χ4n) is 2.57. The summed E-state index contributed by atoms with van der Waals surface area (Å²) in [6.07, 6.45) is 1.75. The van der Waals surface area contributed by atoms with E-state index in [-0.39, 0.29) is 11.7 Å². The zero-order valence-corrected chi connectivity index (χ0v) is 14.8. The molecule has 2 aromatic rings. The van der Waals surface area contributed by atoms with E-state index in [2.05, 4.69) is 0 Å². The molecule has 1 saturated heterocycles. The van der Waals surface area contributed by atoms with Crippen LogP contribution in [0.1, 0.15) is 12.5 Å². The molecule has 25 heavy (non-hydrogen) atoms. The number of carbonyl (C=O) groups excluding carboxylic acids is 1. The van der Waals surface area contributed by atoms with Gasteiger partial charge in [-0.1, -0.05) is 12.1 Å². The molecule has 0 aromatic heterocycles. The van der Waals surface area contributed by atoms with Crippen molar-refractivity contribution in [3.63, 3.8) is 0 Å². The minimum absolute atomic E-state index is 0.180. The summed E-state index contributed by atoms with van der Waals surface area (Å²) < 4.78 is 5.43. The highest BCUT2D eigenvalue weighted by molar-refractivity contribution is 7.80. The highest BCUT2D eigenvalue weighted by Gasteiger charge is 2.36. The molecule has 2 aromatic carbocycles. The molecule has 1 amide bonds. The van der Waals surface area contributed by atoms with Crippen molar-refractivity contribution in [3.05, 3.63) is 59.8 Å². The highest BCUT2D eigenvalue weighted by Crippen LogP contribution is 2.29. The van der Waals surface area contributed by atoms with Crippen LogP contribution < -0.4 is 9.64 Å². The van der Waals surface area contributed by atoms with Crippen LogP contribution >= 0.6 is 12.2 Å². The summed E-state index contributed by atoms with van der Waals surface area (Å²) >= 11 is 5.44. The Labute approximate surface area is 151 Å². The maximum Gasteiger partial charge on any atom is 0.281 e. The molecule has 0 unspecified atom stereocenters. The molecule has 3 rings (SSSR count). The SMILES string of the molecule is CCOc1ccc(N2C(=O)/C(=C/c3ccc(O)cc3)N(C)C2=S)cc1. The van der Waals surface area contributed by atoms with E-state index >= 15 is 0 Å². The van der Waals surface area contributed by atoms with Gasteiger partial charge in [-0.25, -0.2) is 0 Å². The largest absolute Gasteiger partial charge is 0.508 e. The minimum Gasteiger partial charge on any atom is -0.508 e. The van der Waals surface area contributed by atoms with Crippen molar-refractivity contribution in [1.82, 2.24) is 4.90 Å². The van der Waals surface area contributed by atoms with Gasteiger partial charge in [0.2, 0.25) is 0 Å². The van der Waals surface area contributed by atoms with Gasteiger partial charge >= 0.3 is 0 Å². The van der Waals surface area contributed by atoms with Crippen LogP contribution in [0.15, 0.2) is 54.2 Å². The smallest absolute Gasteiger partial charge is 0.281 e. The maximum atomic E-state index is 12.9. The minimum atomic E-state index is -0.190. The molecule has 0 saturated carbocycles. The lowest BCUT2D eigenvalue weighted by Gasteiger charge is -2.16. The monoisotopic (exact) mass is 354 g/mol. The summed E-state index contributed by atoms with van der Waals surface area (Å²) in [6.45, 7) is 2.51. The van der Waals surface area contributed by atoms with Crippen LogP contribution in [0.25, 0.3) is 6.08 Å². The highest BCUT2D eigenvalue weighted by atomic mass is 32.1. The van der Waals surface area contributed by atoms with E-state index in [9.17, 15) is 9.90 Å². The third-order valence-corrected chi connectivity index (χ3v) is 4.32. The lowest BCUT2D eigenvalue weighted by Crippen LogP contribution is -2.31. The molecular formula is C19H18N2O3S. The first kappa shape index (κ1) is 17.0. The molecule has 0 bridgehead atoms. The van der Waals surface area contributed by atoms with Crippen molar-refractivity contribution in [3.8, 4) is 11.5 Å². The van der Waals surface area contributed by atoms with Crippen LogP contribution in [-0.4, -0.2) is 34.7 Å². The summed E-state index contributed by atoms with van der Waals surface area (Å²) in [4.78, 5) is 16.0. The fraction of sp³-hybridized carbons (Fsp3) is 0.158. The number of hydrogen-bond acceptors (Lipinski definition) is 4. The van der Waals surface area contributed by atoms with E-state index in [1.54, 1.807) is 42.3 Å². The molecule has 0 aliphatic carbocycles. The lowest BCUT2D eigenvalue weighted by molar-refractivity contribution is -0.114. The van der Waals surface area contributed by atoms with Crippen LogP contribution in [0, 0.1) is 0 Å². The molecule has 1 aliphatic rings. The summed E-state index contributed by atoms with van der Waals surface area (Å²) in [6, 6.07) is 13.9. The Balaban J connectivity index is 1.91. The van der Waals surface area contributed by atoms with E-state index < -0.39 is 0 Å². The van der Waals surface area contributed by atoms with Crippen LogP contribution in [0.2, 0.25) is 0 Å². The predicted molar refractivity (Wildman–Crippen MR) is 102 cm³/mol. The van der Waals surface area contributed by atoms with E-state index in [1.165, 1.54) is 4.90 Å². The number of ether oxygens (including phenoxy) is 1. The first-order chi connectivity index (χ1) is 12.0. The second-order valence-electron chi connectivity index (χ2n) is 5.53. The third kappa shape index (κ3) is 3.34. The molecule has 1 fully saturated rings. The first-order valence-corrected chi connectivity index (χ1v) is 8.28. The summed E-state index contributed by atoms with van der Waals surface area (Å²) in [5, 5.41) is 9.79. The van der Waals surface area contributed by atoms with Gasteiger partial charge in [-0.2, -0.15) is 0 Å². The van der Waals surface area contributed by atoms with E-state index in [1.807, 2.05) is 31.2 Å². The Morgan fingerprint density at radius 1 is 1.12 bits per heavy atom. The van der Waals surface area contributed by atoms with E-state index in [0.717, 1.165) is 11.3 Å². The molecule has 1 aliphatic heterocycles. The Morgan fingerprint density at radius 2 is 1.76 bits per heavy atom. The molecule has 1 N–H and O–H groups in total. The van der Waals surface area contributed by atoms with E-state index in [4.69, 9.17) is 17.0 Å². The second-order valence-corrected chi connectivity index (χ2v) is 5.90. The number of phenolic OH excluding ortho intramolecular Hbond substituents is 1. The van der Waals surface area contributed by atoms with Crippen LogP contribution in [0.5, 0.6) is 11.5 Å². The number of hydrogen-bond donors (Lipinski definition) is 1. The number of thiocarbonyl (C=S) groups is 1. The second kappa shape index (κ2) is 6.94. The Hall–Kier alpha value is -2.86. The number of benzene rings is 2. The van der Waals surface area contributed by atoms with Gasteiger partial charge in [0.05, 0.1) is 12.3 Å². The number of rotatable bonds is 4. The Bertz CT molecular complexity index is 829. The number of phenols is 1. The average Bonchev–Trinajstić information content (AvgIpc) is 2.82. The molecule has 5 nitrogen and oxygen atoms in total. The lowest BCUT2D eigenvalue weighted by atomic mass is 10.1. The maximum absolute atomic E-state index is 12.9. The van der Waals surface area contributed by atoms with Crippen LogP contribution in [0.4, 0.5) is 5.69 Å². The standard InChI is InChI=1S/C19H18N2O3S/c1-3-24-16-10-6-14(7-11-16)21-18(23)17(20(2)19(21)25)12-13-4-8-15(22)9-5-13/h4-12,22H,3H2,1-2H3/b17-12-. The third-order valence-electron chi connectivity index (χ3n) is 3.86. The number of nitrogens with zero attached hydrogens (tertiary/aromatic N) is 2. The quantitative estimate of drug-likeness (QED) is 0.674. The molecule has 0 spiro atoms. The topological polar surface area (TPSA) is 53.0 Å². The van der Waals surface area contributed by atoms with Gasteiger partial charge in [-0.05, 0) is 67.2 Å². The van der Waals surface area contributed by atoms with Crippen LogP contribution in [-0.2, 0) is 4.79 Å². The summed E-state index contributed by atoms with van der Waals surface area (Å²) in [5.74, 6) is 0.738. The predicted octanol–water partition coefficient (Wildman–Crippen LogP) is 3.40. The van der Waals surface area contributed by atoms with Gasteiger partial charge in [0.25, 0.3) is 5.91 Å². The summed E-state index contributed by atoms with van der Waals surface area (Å²) in [5.41, 5.74) is 1.98. The number of aromatic hydroxyl groups is 1. The van der Waals surface area contributed by atoms with Crippen molar-refractivity contribution in [2.75, 3.05) is 18.6 Å². The molecule has 0 atom stereocenters. The first-order valence-electron chi connectivity index (χ1n) is 7.87. The van der Waals surface area contributed by atoms with Crippen molar-refractivity contribution >= 4 is 35.0 Å². The average molecular weight is 354 g/mol. The normalized spacial score (nSPS) is 16.0. The molecule has 0 radical (unpaired) electrons.